The Hall–Kier alpha value is -1.66. The van der Waals surface area contributed by atoms with Crippen LogP contribution in [-0.2, 0) is 9.53 Å². The Bertz CT molecular complexity index is 506. The Morgan fingerprint density at radius 3 is 2.86 bits per heavy atom. The smallest absolute Gasteiger partial charge is 0.241 e. The summed E-state index contributed by atoms with van der Waals surface area (Å²) in [5.41, 5.74) is 6.38. The second-order valence-corrected chi connectivity index (χ2v) is 5.36. The van der Waals surface area contributed by atoms with Crippen molar-refractivity contribution >= 4 is 17.3 Å². The number of carbonyl (C=O) groups excluding carboxylic acids is 1. The number of methoxy groups -OCH3 is 1. The molecule has 1 aliphatic rings. The molecule has 0 heterocycles. The first-order valence-electron chi connectivity index (χ1n) is 7.13. The molecule has 1 aliphatic carbocycles. The van der Waals surface area contributed by atoms with Gasteiger partial charge in [0.15, 0.2) is 0 Å². The van der Waals surface area contributed by atoms with Crippen molar-refractivity contribution < 1.29 is 13.9 Å². The molecular formula is C15H22FN3O2. The Balaban J connectivity index is 2.00. The quantitative estimate of drug-likeness (QED) is 0.753. The molecule has 0 spiro atoms. The highest BCUT2D eigenvalue weighted by Crippen LogP contribution is 2.29. The van der Waals surface area contributed by atoms with Gasteiger partial charge in [0.2, 0.25) is 5.91 Å². The Morgan fingerprint density at radius 1 is 1.57 bits per heavy atom. The number of nitrogens with two attached hydrogens (primary N) is 1. The summed E-state index contributed by atoms with van der Waals surface area (Å²) in [5, 5.41) is 2.76. The summed E-state index contributed by atoms with van der Waals surface area (Å²) in [6, 6.07) is 4.12. The van der Waals surface area contributed by atoms with Gasteiger partial charge in [-0.1, -0.05) is 0 Å². The molecule has 1 saturated carbocycles. The zero-order chi connectivity index (χ0) is 15.4. The number of nitrogens with zero attached hydrogens (tertiary/aromatic N) is 1. The molecule has 1 aromatic rings. The summed E-state index contributed by atoms with van der Waals surface area (Å²) in [6.45, 7) is 3.17. The van der Waals surface area contributed by atoms with Crippen LogP contribution < -0.4 is 11.1 Å². The van der Waals surface area contributed by atoms with Crippen molar-refractivity contribution in [1.29, 1.82) is 0 Å². The molecule has 6 heteroatoms. The minimum atomic E-state index is -0.418. The van der Waals surface area contributed by atoms with Crippen LogP contribution in [0.25, 0.3) is 0 Å². The van der Waals surface area contributed by atoms with Gasteiger partial charge in [-0.2, -0.15) is 0 Å². The number of hydrogen-bond acceptors (Lipinski definition) is 4. The number of halogens is 1. The highest BCUT2D eigenvalue weighted by Gasteiger charge is 2.34. The van der Waals surface area contributed by atoms with Crippen LogP contribution in [0.15, 0.2) is 18.2 Å². The molecule has 1 aromatic carbocycles. The molecule has 21 heavy (non-hydrogen) atoms. The second kappa shape index (κ2) is 6.87. The number of nitrogen functional groups attached to an aromatic ring is 1. The van der Waals surface area contributed by atoms with Gasteiger partial charge in [0.05, 0.1) is 24.0 Å². The van der Waals surface area contributed by atoms with E-state index < -0.39 is 5.82 Å². The largest absolute Gasteiger partial charge is 0.397 e. The Morgan fingerprint density at radius 2 is 2.29 bits per heavy atom. The first-order chi connectivity index (χ1) is 10.0. The molecular weight excluding hydrogens is 273 g/mol. The van der Waals surface area contributed by atoms with E-state index >= 15 is 0 Å². The lowest BCUT2D eigenvalue weighted by Gasteiger charge is -2.28. The lowest BCUT2D eigenvalue weighted by Crippen LogP contribution is -2.45. The maximum absolute atomic E-state index is 13.0. The standard InChI is InChI=1S/C15H22FN3O2/c1-10(19(7-8-21-2)12-4-5-12)15(20)18-14-6-3-11(16)9-13(14)17/h3,6,9-10,12H,4-5,7-8,17H2,1-2H3,(H,18,20). The van der Waals surface area contributed by atoms with Gasteiger partial charge < -0.3 is 15.8 Å². The molecule has 5 nitrogen and oxygen atoms in total. The molecule has 3 N–H and O–H groups in total. The van der Waals surface area contributed by atoms with Gasteiger partial charge in [0.25, 0.3) is 0 Å². The SMILES string of the molecule is COCCN(C1CC1)C(C)C(=O)Nc1ccc(F)cc1N. The molecule has 0 aliphatic heterocycles. The van der Waals surface area contributed by atoms with Crippen LogP contribution in [0.4, 0.5) is 15.8 Å². The zero-order valence-electron chi connectivity index (χ0n) is 12.4. The summed E-state index contributed by atoms with van der Waals surface area (Å²) >= 11 is 0. The summed E-state index contributed by atoms with van der Waals surface area (Å²) in [7, 11) is 1.65. The van der Waals surface area contributed by atoms with Gasteiger partial charge in [-0.25, -0.2) is 4.39 Å². The summed E-state index contributed by atoms with van der Waals surface area (Å²) in [5.74, 6) is -0.561. The van der Waals surface area contributed by atoms with Crippen molar-refractivity contribution in [1.82, 2.24) is 4.90 Å². The number of hydrogen-bond donors (Lipinski definition) is 2. The molecule has 1 fully saturated rings. The number of nitrogens with one attached hydrogen (secondary N) is 1. The number of rotatable bonds is 7. The summed E-state index contributed by atoms with van der Waals surface area (Å²) in [4.78, 5) is 14.5. The maximum Gasteiger partial charge on any atom is 0.241 e. The van der Waals surface area contributed by atoms with Crippen molar-refractivity contribution in [2.24, 2.45) is 0 Å². The van der Waals surface area contributed by atoms with Crippen LogP contribution in [0.2, 0.25) is 0 Å². The highest BCUT2D eigenvalue weighted by atomic mass is 19.1. The van der Waals surface area contributed by atoms with E-state index in [0.717, 1.165) is 12.8 Å². The fourth-order valence-corrected chi connectivity index (χ4v) is 2.33. The van der Waals surface area contributed by atoms with Crippen LogP contribution in [0.1, 0.15) is 19.8 Å². The molecule has 1 unspecified atom stereocenters. The fourth-order valence-electron chi connectivity index (χ4n) is 2.33. The van der Waals surface area contributed by atoms with Crippen LogP contribution >= 0.6 is 0 Å². The lowest BCUT2D eigenvalue weighted by atomic mass is 10.2. The second-order valence-electron chi connectivity index (χ2n) is 5.36. The van der Waals surface area contributed by atoms with Crippen LogP contribution in [0, 0.1) is 5.82 Å². The molecule has 1 atom stereocenters. The Kier molecular flexibility index (Phi) is 5.14. The van der Waals surface area contributed by atoms with Gasteiger partial charge in [-0.3, -0.25) is 9.69 Å². The van der Waals surface area contributed by atoms with E-state index in [4.69, 9.17) is 10.5 Å². The number of ether oxygens (including phenoxy) is 1. The van der Waals surface area contributed by atoms with Crippen LogP contribution in [-0.4, -0.2) is 43.2 Å². The normalized spacial score (nSPS) is 16.0. The predicted octanol–water partition coefficient (Wildman–Crippen LogP) is 1.85. The van der Waals surface area contributed by atoms with Crippen molar-refractivity contribution in [3.63, 3.8) is 0 Å². The predicted molar refractivity (Wildman–Crippen MR) is 80.5 cm³/mol. The van der Waals surface area contributed by atoms with E-state index in [-0.39, 0.29) is 17.6 Å². The third kappa shape index (κ3) is 4.15. The minimum absolute atomic E-state index is 0.142. The molecule has 0 radical (unpaired) electrons. The maximum atomic E-state index is 13.0. The molecule has 2 rings (SSSR count). The molecule has 1 amide bonds. The van der Waals surface area contributed by atoms with E-state index in [1.54, 1.807) is 7.11 Å². The molecule has 0 saturated heterocycles. The van der Waals surface area contributed by atoms with E-state index in [2.05, 4.69) is 10.2 Å². The number of anilines is 2. The van der Waals surface area contributed by atoms with E-state index in [0.29, 0.717) is 24.9 Å². The van der Waals surface area contributed by atoms with Crippen molar-refractivity contribution in [3.05, 3.63) is 24.0 Å². The van der Waals surface area contributed by atoms with Gasteiger partial charge in [0.1, 0.15) is 5.82 Å². The Labute approximate surface area is 124 Å². The van der Waals surface area contributed by atoms with E-state index in [1.165, 1.54) is 18.2 Å². The van der Waals surface area contributed by atoms with E-state index in [1.807, 2.05) is 6.92 Å². The first-order valence-corrected chi connectivity index (χ1v) is 7.13. The van der Waals surface area contributed by atoms with Crippen molar-refractivity contribution in [2.75, 3.05) is 31.3 Å². The average molecular weight is 295 g/mol. The molecule has 0 aromatic heterocycles. The van der Waals surface area contributed by atoms with Crippen molar-refractivity contribution in [2.45, 2.75) is 31.8 Å². The highest BCUT2D eigenvalue weighted by molar-refractivity contribution is 5.97. The molecule has 0 bridgehead atoms. The van der Waals surface area contributed by atoms with Gasteiger partial charge in [-0.15, -0.1) is 0 Å². The third-order valence-corrected chi connectivity index (χ3v) is 3.72. The van der Waals surface area contributed by atoms with Crippen LogP contribution in [0.5, 0.6) is 0 Å². The van der Waals surface area contributed by atoms with Crippen LogP contribution in [0.3, 0.4) is 0 Å². The lowest BCUT2D eigenvalue weighted by molar-refractivity contribution is -0.121. The number of amides is 1. The summed E-state index contributed by atoms with van der Waals surface area (Å²) < 4.78 is 18.1. The number of benzene rings is 1. The van der Waals surface area contributed by atoms with Crippen molar-refractivity contribution in [3.8, 4) is 0 Å². The first kappa shape index (κ1) is 15.7. The van der Waals surface area contributed by atoms with Gasteiger partial charge in [0, 0.05) is 19.7 Å². The van der Waals surface area contributed by atoms with E-state index in [9.17, 15) is 9.18 Å². The zero-order valence-corrected chi connectivity index (χ0v) is 12.4. The number of carbonyl (C=O) groups is 1. The fraction of sp³-hybridized carbons (Fsp3) is 0.533. The van der Waals surface area contributed by atoms with Gasteiger partial charge in [-0.05, 0) is 38.0 Å². The molecule has 116 valence electrons. The summed E-state index contributed by atoms with van der Waals surface area (Å²) in [6.07, 6.45) is 2.22. The average Bonchev–Trinajstić information content (AvgIpc) is 3.26. The monoisotopic (exact) mass is 295 g/mol. The topological polar surface area (TPSA) is 67.6 Å². The third-order valence-electron chi connectivity index (χ3n) is 3.72. The van der Waals surface area contributed by atoms with Gasteiger partial charge >= 0.3 is 0 Å². The minimum Gasteiger partial charge on any atom is -0.397 e.